The van der Waals surface area contributed by atoms with Gasteiger partial charge in [0.25, 0.3) is 5.91 Å². The molecule has 0 spiro atoms. The molecule has 1 atom stereocenters. The Hall–Kier alpha value is -5.08. The minimum atomic E-state index is -4.79. The van der Waals surface area contributed by atoms with Gasteiger partial charge in [0.05, 0.1) is 29.9 Å². The quantitative estimate of drug-likeness (QED) is 0.304. The molecule has 3 N–H and O–H groups in total. The number of benzene rings is 2. The number of H-pyrrole nitrogens is 1. The highest BCUT2D eigenvalue weighted by Gasteiger charge is 2.33. The maximum atomic E-state index is 12.5. The Balaban J connectivity index is 1.12. The van der Waals surface area contributed by atoms with Gasteiger partial charge in [0.2, 0.25) is 5.95 Å². The molecule has 0 aliphatic carbocycles. The SMILES string of the molecule is O=C(NC[C@H]1CN(c2ccc3[nH]c(=O)oc3c2)C(=O)O1)c1cnc(NCc2cccc(OC(F)(F)F)c2)nc1. The fraction of sp³-hybridized carbons (Fsp3) is 0.208. The van der Waals surface area contributed by atoms with Crippen molar-refractivity contribution in [2.45, 2.75) is 19.0 Å². The fourth-order valence-corrected chi connectivity index (χ4v) is 3.82. The van der Waals surface area contributed by atoms with Gasteiger partial charge in [-0.15, -0.1) is 13.2 Å². The van der Waals surface area contributed by atoms with Gasteiger partial charge >= 0.3 is 18.2 Å². The van der Waals surface area contributed by atoms with Gasteiger partial charge in [-0.05, 0) is 29.8 Å². The first-order valence-electron chi connectivity index (χ1n) is 11.4. The van der Waals surface area contributed by atoms with Crippen molar-refractivity contribution >= 4 is 34.7 Å². The summed E-state index contributed by atoms with van der Waals surface area (Å²) < 4.78 is 51.4. The number of ether oxygens (including phenoxy) is 2. The number of nitrogens with zero attached hydrogens (tertiary/aromatic N) is 3. The van der Waals surface area contributed by atoms with Gasteiger partial charge in [-0.1, -0.05) is 12.1 Å². The predicted octanol–water partition coefficient (Wildman–Crippen LogP) is 3.18. The average Bonchev–Trinajstić information content (AvgIpc) is 3.46. The molecule has 202 valence electrons. The molecule has 0 bridgehead atoms. The van der Waals surface area contributed by atoms with Crippen molar-refractivity contribution in [3.63, 3.8) is 0 Å². The molecule has 2 amide bonds. The lowest BCUT2D eigenvalue weighted by Crippen LogP contribution is -2.34. The van der Waals surface area contributed by atoms with Crippen LogP contribution in [0.25, 0.3) is 11.1 Å². The molecule has 1 aliphatic rings. The Morgan fingerprint density at radius 2 is 1.95 bits per heavy atom. The second kappa shape index (κ2) is 10.4. The van der Waals surface area contributed by atoms with E-state index in [1.165, 1.54) is 41.6 Å². The molecular weight excluding hydrogens is 525 g/mol. The summed E-state index contributed by atoms with van der Waals surface area (Å²) in [5.74, 6) is -1.29. The van der Waals surface area contributed by atoms with Crippen molar-refractivity contribution in [2.24, 2.45) is 0 Å². The van der Waals surface area contributed by atoms with E-state index in [1.807, 2.05) is 0 Å². The van der Waals surface area contributed by atoms with E-state index in [1.54, 1.807) is 18.2 Å². The van der Waals surface area contributed by atoms with Gasteiger partial charge in [-0.25, -0.2) is 19.6 Å². The molecule has 15 heteroatoms. The molecule has 2 aromatic heterocycles. The first kappa shape index (κ1) is 25.6. The number of carbonyl (C=O) groups excluding carboxylic acids is 2. The van der Waals surface area contributed by atoms with E-state index >= 15 is 0 Å². The second-order valence-electron chi connectivity index (χ2n) is 8.37. The number of hydrogen-bond donors (Lipinski definition) is 3. The number of alkyl halides is 3. The Labute approximate surface area is 216 Å². The number of amides is 2. The van der Waals surface area contributed by atoms with Crippen LogP contribution in [0.2, 0.25) is 0 Å². The molecule has 0 unspecified atom stereocenters. The van der Waals surface area contributed by atoms with Crippen molar-refractivity contribution < 1.29 is 36.7 Å². The standard InChI is InChI=1S/C24H19F3N6O6/c25-24(26,27)39-16-3-1-2-13(6-16)8-29-21-30-9-14(10-31-21)20(34)28-11-17-12-33(23(36)37-17)15-4-5-18-19(7-15)38-22(35)32-18/h1-7,9-10,17H,8,11-12H2,(H,28,34)(H,32,35)(H,29,30,31)/t17-/m0/s1. The third-order valence-electron chi connectivity index (χ3n) is 5.58. The lowest BCUT2D eigenvalue weighted by Gasteiger charge is -2.13. The van der Waals surface area contributed by atoms with E-state index in [0.29, 0.717) is 22.4 Å². The van der Waals surface area contributed by atoms with Gasteiger partial charge in [0.1, 0.15) is 11.9 Å². The highest BCUT2D eigenvalue weighted by atomic mass is 19.4. The summed E-state index contributed by atoms with van der Waals surface area (Å²) in [6.45, 7) is 0.306. The fourth-order valence-electron chi connectivity index (χ4n) is 3.82. The zero-order chi connectivity index (χ0) is 27.6. The minimum Gasteiger partial charge on any atom is -0.442 e. The van der Waals surface area contributed by atoms with Crippen LogP contribution in [0, 0.1) is 0 Å². The van der Waals surface area contributed by atoms with Gasteiger partial charge < -0.3 is 24.5 Å². The van der Waals surface area contributed by atoms with E-state index in [-0.39, 0.29) is 36.9 Å². The number of carbonyl (C=O) groups is 2. The van der Waals surface area contributed by atoms with Crippen molar-refractivity contribution in [2.75, 3.05) is 23.3 Å². The number of cyclic esters (lactones) is 1. The van der Waals surface area contributed by atoms with Crippen molar-refractivity contribution in [1.82, 2.24) is 20.3 Å². The maximum Gasteiger partial charge on any atom is 0.573 e. The summed E-state index contributed by atoms with van der Waals surface area (Å²) in [7, 11) is 0. The summed E-state index contributed by atoms with van der Waals surface area (Å²) in [6, 6.07) is 10.2. The second-order valence-corrected chi connectivity index (χ2v) is 8.37. The largest absolute Gasteiger partial charge is 0.573 e. The van der Waals surface area contributed by atoms with Gasteiger partial charge in [0, 0.05) is 25.0 Å². The summed E-state index contributed by atoms with van der Waals surface area (Å²) >= 11 is 0. The Morgan fingerprint density at radius 1 is 1.15 bits per heavy atom. The molecule has 5 rings (SSSR count). The molecule has 4 aromatic rings. The Bertz CT molecular complexity index is 1570. The van der Waals surface area contributed by atoms with E-state index in [4.69, 9.17) is 9.15 Å². The highest BCUT2D eigenvalue weighted by Crippen LogP contribution is 2.25. The van der Waals surface area contributed by atoms with Crippen LogP contribution in [-0.2, 0) is 11.3 Å². The summed E-state index contributed by atoms with van der Waals surface area (Å²) in [6.07, 6.45) is -3.47. The highest BCUT2D eigenvalue weighted by molar-refractivity contribution is 5.94. The number of hydrogen-bond acceptors (Lipinski definition) is 9. The van der Waals surface area contributed by atoms with Crippen LogP contribution in [0.5, 0.6) is 5.75 Å². The Morgan fingerprint density at radius 3 is 2.72 bits per heavy atom. The van der Waals surface area contributed by atoms with Crippen molar-refractivity contribution in [3.05, 3.63) is 76.5 Å². The smallest absolute Gasteiger partial charge is 0.442 e. The number of nitrogens with one attached hydrogen (secondary N) is 3. The zero-order valence-corrected chi connectivity index (χ0v) is 19.8. The Kier molecular flexibility index (Phi) is 6.79. The number of anilines is 2. The van der Waals surface area contributed by atoms with Crippen LogP contribution in [0.1, 0.15) is 15.9 Å². The first-order valence-corrected chi connectivity index (χ1v) is 11.4. The molecular formula is C24H19F3N6O6. The number of rotatable bonds is 8. The van der Waals surface area contributed by atoms with Crippen LogP contribution in [0.4, 0.5) is 29.6 Å². The van der Waals surface area contributed by atoms with E-state index < -0.39 is 30.2 Å². The summed E-state index contributed by atoms with van der Waals surface area (Å²) in [5.41, 5.74) is 1.91. The molecule has 3 heterocycles. The third-order valence-corrected chi connectivity index (χ3v) is 5.58. The lowest BCUT2D eigenvalue weighted by atomic mass is 10.2. The van der Waals surface area contributed by atoms with Crippen molar-refractivity contribution in [3.8, 4) is 5.75 Å². The van der Waals surface area contributed by atoms with Crippen LogP contribution < -0.4 is 26.0 Å². The minimum absolute atomic E-state index is 0.0267. The van der Waals surface area contributed by atoms with Crippen LogP contribution in [0.3, 0.4) is 0 Å². The molecule has 2 aromatic carbocycles. The van der Waals surface area contributed by atoms with E-state index in [9.17, 15) is 27.6 Å². The number of aromatic nitrogens is 3. The molecule has 1 aliphatic heterocycles. The number of oxazole rings is 1. The lowest BCUT2D eigenvalue weighted by molar-refractivity contribution is -0.274. The van der Waals surface area contributed by atoms with E-state index in [2.05, 4.69) is 30.3 Å². The van der Waals surface area contributed by atoms with E-state index in [0.717, 1.165) is 0 Å². The van der Waals surface area contributed by atoms with Gasteiger partial charge in [-0.2, -0.15) is 0 Å². The van der Waals surface area contributed by atoms with Crippen LogP contribution in [-0.4, -0.2) is 52.5 Å². The van der Waals surface area contributed by atoms with Crippen LogP contribution >= 0.6 is 0 Å². The average molecular weight is 544 g/mol. The summed E-state index contributed by atoms with van der Waals surface area (Å²) in [5, 5.41) is 5.51. The number of fused-ring (bicyclic) bond motifs is 1. The number of aromatic amines is 1. The van der Waals surface area contributed by atoms with Crippen LogP contribution in [0.15, 0.2) is 64.1 Å². The molecule has 12 nitrogen and oxygen atoms in total. The molecule has 0 saturated carbocycles. The molecule has 0 radical (unpaired) electrons. The van der Waals surface area contributed by atoms with Gasteiger partial charge in [0.15, 0.2) is 5.58 Å². The zero-order valence-electron chi connectivity index (χ0n) is 19.8. The monoisotopic (exact) mass is 544 g/mol. The molecule has 1 fully saturated rings. The molecule has 1 saturated heterocycles. The normalized spacial score (nSPS) is 15.3. The third kappa shape index (κ3) is 6.26. The predicted molar refractivity (Wildman–Crippen MR) is 129 cm³/mol. The topological polar surface area (TPSA) is 152 Å². The first-order chi connectivity index (χ1) is 18.6. The maximum absolute atomic E-state index is 12.5. The number of halogens is 3. The molecule has 39 heavy (non-hydrogen) atoms. The summed E-state index contributed by atoms with van der Waals surface area (Å²) in [4.78, 5) is 48.1. The van der Waals surface area contributed by atoms with Gasteiger partial charge in [-0.3, -0.25) is 14.7 Å². The van der Waals surface area contributed by atoms with Crippen molar-refractivity contribution in [1.29, 1.82) is 0 Å².